The molecule has 0 fully saturated rings. The Morgan fingerprint density at radius 2 is 1.67 bits per heavy atom. The molecule has 2 N–H and O–H groups in total. The molecule has 0 bridgehead atoms. The highest BCUT2D eigenvalue weighted by Gasteiger charge is 2.34. The van der Waals surface area contributed by atoms with Crippen LogP contribution in [0.5, 0.6) is 0 Å². The van der Waals surface area contributed by atoms with E-state index >= 15 is 0 Å². The van der Waals surface area contributed by atoms with Gasteiger partial charge in [0.2, 0.25) is 5.91 Å². The fraction of sp³-hybridized carbons (Fsp3) is 0.120. The van der Waals surface area contributed by atoms with Gasteiger partial charge in [-0.2, -0.15) is 13.2 Å². The van der Waals surface area contributed by atoms with Gasteiger partial charge in [-0.15, -0.1) is 10.2 Å². The van der Waals surface area contributed by atoms with Crippen LogP contribution >= 0.6 is 35.0 Å². The third kappa shape index (κ3) is 6.88. The van der Waals surface area contributed by atoms with Crippen LogP contribution in [0.4, 0.5) is 23.2 Å². The molecule has 0 aliphatic heterocycles. The molecule has 202 valence electrons. The highest BCUT2D eigenvalue weighted by molar-refractivity contribution is 7.99. The van der Waals surface area contributed by atoms with Crippen LogP contribution in [0, 0.1) is 5.82 Å². The zero-order valence-electron chi connectivity index (χ0n) is 19.6. The van der Waals surface area contributed by atoms with Crippen molar-refractivity contribution in [2.24, 2.45) is 0 Å². The molecular formula is C25H17Cl2F4N5O2S. The molecule has 0 saturated carbocycles. The van der Waals surface area contributed by atoms with Crippen molar-refractivity contribution in [3.63, 3.8) is 0 Å². The second-order valence-corrected chi connectivity index (χ2v) is 9.63. The molecule has 0 unspecified atom stereocenters. The van der Waals surface area contributed by atoms with E-state index in [1.54, 1.807) is 12.1 Å². The molecule has 1 heterocycles. The molecule has 7 nitrogen and oxygen atoms in total. The van der Waals surface area contributed by atoms with E-state index in [1.807, 2.05) is 0 Å². The largest absolute Gasteiger partial charge is 0.417 e. The standard InChI is InChI=1S/C25H17Cl2F4N5O2S/c26-17-10-9-14(11-18(17)27)36-21(12-32-23(38)15-5-1-2-6-16(15)25(29,30)31)34-35-24(36)39-13-22(37)33-20-8-4-3-7-19(20)28/h1-11H,12-13H2,(H,32,38)(H,33,37). The Labute approximate surface area is 233 Å². The summed E-state index contributed by atoms with van der Waals surface area (Å²) in [5.74, 6) is -2.13. The number of thioether (sulfide) groups is 1. The number of para-hydroxylation sites is 1. The molecule has 0 saturated heterocycles. The summed E-state index contributed by atoms with van der Waals surface area (Å²) in [6, 6.07) is 14.7. The van der Waals surface area contributed by atoms with Crippen molar-refractivity contribution in [2.75, 3.05) is 11.1 Å². The topological polar surface area (TPSA) is 88.9 Å². The first-order chi connectivity index (χ1) is 18.5. The highest BCUT2D eigenvalue weighted by atomic mass is 35.5. The van der Waals surface area contributed by atoms with E-state index in [4.69, 9.17) is 23.2 Å². The van der Waals surface area contributed by atoms with Crippen LogP contribution in [-0.4, -0.2) is 32.3 Å². The number of alkyl halides is 3. The molecule has 3 aromatic carbocycles. The summed E-state index contributed by atoms with van der Waals surface area (Å²) in [7, 11) is 0. The van der Waals surface area contributed by atoms with Crippen LogP contribution in [-0.2, 0) is 17.5 Å². The zero-order chi connectivity index (χ0) is 28.2. The van der Waals surface area contributed by atoms with Gasteiger partial charge in [-0.05, 0) is 42.5 Å². The third-order valence-corrected chi connectivity index (χ3v) is 6.89. The van der Waals surface area contributed by atoms with Gasteiger partial charge in [0.05, 0.1) is 44.8 Å². The first kappa shape index (κ1) is 28.4. The molecule has 0 radical (unpaired) electrons. The predicted molar refractivity (Wildman–Crippen MR) is 140 cm³/mol. The number of rotatable bonds is 8. The molecule has 0 aliphatic rings. The van der Waals surface area contributed by atoms with Gasteiger partial charge in [0.25, 0.3) is 5.91 Å². The monoisotopic (exact) mass is 597 g/mol. The summed E-state index contributed by atoms with van der Waals surface area (Å²) in [5.41, 5.74) is -1.20. The highest BCUT2D eigenvalue weighted by Crippen LogP contribution is 2.32. The number of carbonyl (C=O) groups excluding carboxylic acids is 2. The summed E-state index contributed by atoms with van der Waals surface area (Å²) in [5, 5.41) is 13.7. The summed E-state index contributed by atoms with van der Waals surface area (Å²) < 4.78 is 55.4. The molecule has 2 amide bonds. The summed E-state index contributed by atoms with van der Waals surface area (Å²) in [6.07, 6.45) is -4.72. The minimum Gasteiger partial charge on any atom is -0.345 e. The van der Waals surface area contributed by atoms with E-state index in [0.29, 0.717) is 5.69 Å². The van der Waals surface area contributed by atoms with Gasteiger partial charge in [0, 0.05) is 0 Å². The van der Waals surface area contributed by atoms with Crippen molar-refractivity contribution < 1.29 is 27.2 Å². The molecule has 39 heavy (non-hydrogen) atoms. The first-order valence-corrected chi connectivity index (χ1v) is 12.8. The van der Waals surface area contributed by atoms with E-state index in [1.165, 1.54) is 47.0 Å². The number of aromatic nitrogens is 3. The van der Waals surface area contributed by atoms with Crippen molar-refractivity contribution in [3.05, 3.63) is 99.5 Å². The van der Waals surface area contributed by atoms with E-state index in [2.05, 4.69) is 20.8 Å². The number of hydrogen-bond acceptors (Lipinski definition) is 5. The maximum Gasteiger partial charge on any atom is 0.417 e. The van der Waals surface area contributed by atoms with E-state index in [-0.39, 0.29) is 39.0 Å². The van der Waals surface area contributed by atoms with Crippen molar-refractivity contribution in [2.45, 2.75) is 17.9 Å². The number of hydrogen-bond donors (Lipinski definition) is 2. The minimum atomic E-state index is -4.72. The Balaban J connectivity index is 1.57. The van der Waals surface area contributed by atoms with Gasteiger partial charge in [0.1, 0.15) is 5.82 Å². The lowest BCUT2D eigenvalue weighted by atomic mass is 10.1. The normalized spacial score (nSPS) is 11.3. The van der Waals surface area contributed by atoms with Crippen LogP contribution in [0.2, 0.25) is 10.0 Å². The first-order valence-electron chi connectivity index (χ1n) is 11.1. The lowest BCUT2D eigenvalue weighted by Crippen LogP contribution is -2.27. The van der Waals surface area contributed by atoms with Crippen LogP contribution < -0.4 is 10.6 Å². The maximum absolute atomic E-state index is 13.9. The van der Waals surface area contributed by atoms with Crippen LogP contribution in [0.25, 0.3) is 5.69 Å². The molecule has 0 spiro atoms. The molecule has 4 aromatic rings. The van der Waals surface area contributed by atoms with Crippen molar-refractivity contribution in [3.8, 4) is 5.69 Å². The Bertz CT molecular complexity index is 1530. The van der Waals surface area contributed by atoms with Crippen LogP contribution in [0.15, 0.2) is 71.9 Å². The van der Waals surface area contributed by atoms with Gasteiger partial charge < -0.3 is 10.6 Å². The maximum atomic E-state index is 13.9. The summed E-state index contributed by atoms with van der Waals surface area (Å²) in [4.78, 5) is 25.1. The average molecular weight is 598 g/mol. The third-order valence-electron chi connectivity index (χ3n) is 5.23. The quantitative estimate of drug-likeness (QED) is 0.181. The van der Waals surface area contributed by atoms with Crippen molar-refractivity contribution >= 4 is 52.5 Å². The lowest BCUT2D eigenvalue weighted by molar-refractivity contribution is -0.138. The number of anilines is 1. The molecule has 1 aromatic heterocycles. The lowest BCUT2D eigenvalue weighted by Gasteiger charge is -2.14. The molecule has 0 atom stereocenters. The van der Waals surface area contributed by atoms with E-state index < -0.39 is 34.9 Å². The minimum absolute atomic E-state index is 0.0107. The SMILES string of the molecule is O=C(CSc1nnc(CNC(=O)c2ccccc2C(F)(F)F)n1-c1ccc(Cl)c(Cl)c1)Nc1ccccc1F. The fourth-order valence-electron chi connectivity index (χ4n) is 3.45. The number of nitrogens with one attached hydrogen (secondary N) is 2. The Morgan fingerprint density at radius 1 is 0.949 bits per heavy atom. The second kappa shape index (κ2) is 12.1. The second-order valence-electron chi connectivity index (χ2n) is 7.88. The molecular weight excluding hydrogens is 581 g/mol. The average Bonchev–Trinajstić information content (AvgIpc) is 3.31. The van der Waals surface area contributed by atoms with Gasteiger partial charge in [-0.1, -0.05) is 59.2 Å². The van der Waals surface area contributed by atoms with Gasteiger partial charge in [-0.25, -0.2) is 4.39 Å². The summed E-state index contributed by atoms with van der Waals surface area (Å²) >= 11 is 13.2. The number of benzene rings is 3. The Hall–Kier alpha value is -3.61. The van der Waals surface area contributed by atoms with Gasteiger partial charge >= 0.3 is 6.18 Å². The number of carbonyl (C=O) groups is 2. The van der Waals surface area contributed by atoms with Crippen molar-refractivity contribution in [1.29, 1.82) is 0 Å². The molecule has 0 aliphatic carbocycles. The smallest absolute Gasteiger partial charge is 0.345 e. The Morgan fingerprint density at radius 3 is 2.38 bits per heavy atom. The zero-order valence-corrected chi connectivity index (χ0v) is 21.9. The van der Waals surface area contributed by atoms with Crippen LogP contribution in [0.1, 0.15) is 21.7 Å². The van der Waals surface area contributed by atoms with Gasteiger partial charge in [-0.3, -0.25) is 14.2 Å². The fourth-order valence-corrected chi connectivity index (χ4v) is 4.52. The van der Waals surface area contributed by atoms with E-state index in [9.17, 15) is 27.2 Å². The van der Waals surface area contributed by atoms with Crippen LogP contribution in [0.3, 0.4) is 0 Å². The Kier molecular flexibility index (Phi) is 8.78. The number of amides is 2. The number of nitrogens with zero attached hydrogens (tertiary/aromatic N) is 3. The predicted octanol–water partition coefficient (Wildman–Crippen LogP) is 6.39. The van der Waals surface area contributed by atoms with Crippen molar-refractivity contribution in [1.82, 2.24) is 20.1 Å². The molecule has 4 rings (SSSR count). The number of halogens is 6. The summed E-state index contributed by atoms with van der Waals surface area (Å²) in [6.45, 7) is -0.305. The molecule has 14 heteroatoms. The van der Waals surface area contributed by atoms with E-state index in [0.717, 1.165) is 23.9 Å². The van der Waals surface area contributed by atoms with Gasteiger partial charge in [0.15, 0.2) is 11.0 Å².